The van der Waals surface area contributed by atoms with Gasteiger partial charge in [-0.2, -0.15) is 0 Å². The minimum Gasteiger partial charge on any atom is -0.493 e. The molecule has 4 rings (SSSR count). The zero-order valence-electron chi connectivity index (χ0n) is 15.7. The van der Waals surface area contributed by atoms with Crippen LogP contribution in [0.1, 0.15) is 22.7 Å². The van der Waals surface area contributed by atoms with Crippen molar-refractivity contribution < 1.29 is 24.0 Å². The van der Waals surface area contributed by atoms with Gasteiger partial charge in [0.05, 0.1) is 6.61 Å². The van der Waals surface area contributed by atoms with Crippen LogP contribution in [-0.2, 0) is 6.42 Å². The normalized spacial score (nSPS) is 18.8. The number of rotatable bonds is 6. The predicted molar refractivity (Wildman–Crippen MR) is 105 cm³/mol. The van der Waals surface area contributed by atoms with Crippen molar-refractivity contribution in [2.75, 3.05) is 13.2 Å². The fraction of sp³-hybridized carbons (Fsp3) is 0.286. The number of hydrogen-bond donors (Lipinski definition) is 2. The summed E-state index contributed by atoms with van der Waals surface area (Å²) in [6.07, 6.45) is -0.00230. The van der Waals surface area contributed by atoms with Gasteiger partial charge in [0.1, 0.15) is 11.5 Å². The van der Waals surface area contributed by atoms with E-state index in [0.29, 0.717) is 31.8 Å². The first-order chi connectivity index (χ1) is 14.0. The molecular weight excluding hydrogens is 374 g/mol. The third-order valence-electron chi connectivity index (χ3n) is 5.34. The van der Waals surface area contributed by atoms with Crippen LogP contribution in [0.2, 0.25) is 0 Å². The molecule has 2 unspecified atom stereocenters. The number of aromatic nitrogens is 1. The Morgan fingerprint density at radius 1 is 1.21 bits per heavy atom. The first kappa shape index (κ1) is 18.8. The molecule has 2 amide bonds. The van der Waals surface area contributed by atoms with Crippen molar-refractivity contribution in [1.29, 1.82) is 0 Å². The van der Waals surface area contributed by atoms with Gasteiger partial charge in [0, 0.05) is 31.0 Å². The van der Waals surface area contributed by atoms with E-state index in [0.717, 1.165) is 16.5 Å². The summed E-state index contributed by atoms with van der Waals surface area (Å²) in [4.78, 5) is 24.3. The van der Waals surface area contributed by atoms with Crippen LogP contribution in [0.5, 0.6) is 5.75 Å². The van der Waals surface area contributed by atoms with E-state index in [2.05, 4.69) is 5.16 Å². The summed E-state index contributed by atoms with van der Waals surface area (Å²) in [5.74, 6) is 0.469. The van der Waals surface area contributed by atoms with Gasteiger partial charge in [-0.25, -0.2) is 4.79 Å². The SMILES string of the molecule is NC(=O)c1cc(CC2C(COc3ccc4ccccc4c3)CCN2C(=O)O)on1. The molecule has 2 atom stereocenters. The molecule has 1 aliphatic heterocycles. The predicted octanol–water partition coefficient (Wildman–Crippen LogP) is 2.92. The van der Waals surface area contributed by atoms with Gasteiger partial charge in [0.25, 0.3) is 5.91 Å². The van der Waals surface area contributed by atoms with Crippen LogP contribution in [-0.4, -0.2) is 46.4 Å². The standard InChI is InChI=1S/C21H21N3O5/c22-20(25)18-10-17(29-23-18)11-19-15(7-8-24(19)21(26)27)12-28-16-6-5-13-3-1-2-4-14(13)9-16/h1-6,9-10,15,19H,7-8,11-12H2,(H2,22,25)(H,26,27). The summed E-state index contributed by atoms with van der Waals surface area (Å²) in [7, 11) is 0. The molecule has 8 heteroatoms. The molecule has 0 saturated carbocycles. The Bertz CT molecular complexity index is 1050. The lowest BCUT2D eigenvalue weighted by Gasteiger charge is -2.25. The van der Waals surface area contributed by atoms with Gasteiger partial charge in [-0.05, 0) is 29.3 Å². The molecule has 29 heavy (non-hydrogen) atoms. The van der Waals surface area contributed by atoms with Crippen molar-refractivity contribution in [3.05, 3.63) is 60.0 Å². The molecule has 0 radical (unpaired) electrons. The van der Waals surface area contributed by atoms with Crippen molar-refractivity contribution in [2.45, 2.75) is 18.9 Å². The van der Waals surface area contributed by atoms with Crippen molar-refractivity contribution in [2.24, 2.45) is 11.7 Å². The second-order valence-electron chi connectivity index (χ2n) is 7.16. The minimum absolute atomic E-state index is 0.0142. The molecule has 1 saturated heterocycles. The van der Waals surface area contributed by atoms with E-state index in [-0.39, 0.29) is 17.7 Å². The maximum absolute atomic E-state index is 11.6. The summed E-state index contributed by atoms with van der Waals surface area (Å²) in [5, 5.41) is 15.4. The van der Waals surface area contributed by atoms with Crippen LogP contribution in [0.15, 0.2) is 53.1 Å². The molecule has 0 aliphatic carbocycles. The molecule has 3 aromatic rings. The van der Waals surface area contributed by atoms with Crippen molar-refractivity contribution in [3.63, 3.8) is 0 Å². The Labute approximate surface area is 166 Å². The molecule has 150 valence electrons. The molecule has 1 aliphatic rings. The van der Waals surface area contributed by atoms with Gasteiger partial charge in [-0.3, -0.25) is 4.79 Å². The van der Waals surface area contributed by atoms with Crippen LogP contribution in [0.25, 0.3) is 10.8 Å². The van der Waals surface area contributed by atoms with E-state index in [4.69, 9.17) is 15.0 Å². The van der Waals surface area contributed by atoms with E-state index in [1.54, 1.807) is 0 Å². The van der Waals surface area contributed by atoms with Gasteiger partial charge in [-0.1, -0.05) is 35.5 Å². The Morgan fingerprint density at radius 2 is 2.00 bits per heavy atom. The van der Waals surface area contributed by atoms with Crippen molar-refractivity contribution in [3.8, 4) is 5.75 Å². The van der Waals surface area contributed by atoms with Crippen LogP contribution in [0.4, 0.5) is 4.79 Å². The Kier molecular flexibility index (Phi) is 5.07. The second kappa shape index (κ2) is 7.83. The van der Waals surface area contributed by atoms with Gasteiger partial charge >= 0.3 is 6.09 Å². The highest BCUT2D eigenvalue weighted by molar-refractivity contribution is 5.90. The number of carbonyl (C=O) groups is 2. The van der Waals surface area contributed by atoms with Crippen LogP contribution in [0.3, 0.4) is 0 Å². The number of benzene rings is 2. The number of hydrogen-bond acceptors (Lipinski definition) is 5. The number of primary amides is 1. The molecule has 2 heterocycles. The largest absolute Gasteiger partial charge is 0.493 e. The second-order valence-corrected chi connectivity index (χ2v) is 7.16. The third-order valence-corrected chi connectivity index (χ3v) is 5.34. The van der Waals surface area contributed by atoms with Crippen molar-refractivity contribution >= 4 is 22.8 Å². The highest BCUT2D eigenvalue weighted by Crippen LogP contribution is 2.29. The topological polar surface area (TPSA) is 119 Å². The lowest BCUT2D eigenvalue weighted by molar-refractivity contribution is 0.0991. The molecule has 0 spiro atoms. The smallest absolute Gasteiger partial charge is 0.407 e. The maximum Gasteiger partial charge on any atom is 0.407 e. The maximum atomic E-state index is 11.6. The number of carbonyl (C=O) groups excluding carboxylic acids is 1. The molecular formula is C21H21N3O5. The van der Waals surface area contributed by atoms with E-state index in [9.17, 15) is 14.7 Å². The highest BCUT2D eigenvalue weighted by atomic mass is 16.5. The number of amides is 2. The summed E-state index contributed by atoms with van der Waals surface area (Å²) in [6.45, 7) is 0.798. The number of nitrogens with zero attached hydrogens (tertiary/aromatic N) is 2. The molecule has 1 fully saturated rings. The lowest BCUT2D eigenvalue weighted by Crippen LogP contribution is -2.39. The zero-order chi connectivity index (χ0) is 20.4. The van der Waals surface area contributed by atoms with Crippen LogP contribution >= 0.6 is 0 Å². The zero-order valence-corrected chi connectivity index (χ0v) is 15.7. The van der Waals surface area contributed by atoms with Crippen molar-refractivity contribution in [1.82, 2.24) is 10.1 Å². The average Bonchev–Trinajstić information content (AvgIpc) is 3.34. The van der Waals surface area contributed by atoms with E-state index in [1.807, 2.05) is 42.5 Å². The molecule has 0 bridgehead atoms. The van der Waals surface area contributed by atoms with Gasteiger partial charge in [0.15, 0.2) is 5.69 Å². The monoisotopic (exact) mass is 395 g/mol. The third kappa shape index (κ3) is 4.01. The summed E-state index contributed by atoms with van der Waals surface area (Å²) < 4.78 is 11.2. The van der Waals surface area contributed by atoms with E-state index < -0.39 is 12.0 Å². The number of fused-ring (bicyclic) bond motifs is 1. The fourth-order valence-corrected chi connectivity index (χ4v) is 3.82. The Morgan fingerprint density at radius 3 is 2.72 bits per heavy atom. The number of likely N-dealkylation sites (tertiary alicyclic amines) is 1. The summed E-state index contributed by atoms with van der Waals surface area (Å²) >= 11 is 0. The first-order valence-corrected chi connectivity index (χ1v) is 9.38. The van der Waals surface area contributed by atoms with Crippen LogP contribution in [0, 0.1) is 5.92 Å². The van der Waals surface area contributed by atoms with Gasteiger partial charge in [0.2, 0.25) is 0 Å². The van der Waals surface area contributed by atoms with Crippen LogP contribution < -0.4 is 10.5 Å². The highest BCUT2D eigenvalue weighted by Gasteiger charge is 2.38. The Balaban J connectivity index is 1.47. The van der Waals surface area contributed by atoms with E-state index in [1.165, 1.54) is 11.0 Å². The average molecular weight is 395 g/mol. The number of carboxylic acid groups (broad SMARTS) is 1. The summed E-state index contributed by atoms with van der Waals surface area (Å²) in [6, 6.07) is 15.0. The summed E-state index contributed by atoms with van der Waals surface area (Å²) in [5.41, 5.74) is 5.24. The Hall–Kier alpha value is -3.55. The fourth-order valence-electron chi connectivity index (χ4n) is 3.82. The molecule has 3 N–H and O–H groups in total. The quantitative estimate of drug-likeness (QED) is 0.662. The molecule has 1 aromatic heterocycles. The molecule has 8 nitrogen and oxygen atoms in total. The first-order valence-electron chi connectivity index (χ1n) is 9.38. The number of ether oxygens (including phenoxy) is 1. The van der Waals surface area contributed by atoms with Gasteiger partial charge in [-0.15, -0.1) is 0 Å². The minimum atomic E-state index is -0.988. The molecule has 2 aromatic carbocycles. The lowest BCUT2D eigenvalue weighted by atomic mass is 9.97. The van der Waals surface area contributed by atoms with Gasteiger partial charge < -0.3 is 25.0 Å². The van der Waals surface area contributed by atoms with E-state index >= 15 is 0 Å². The number of nitrogens with two attached hydrogens (primary N) is 1.